The van der Waals surface area contributed by atoms with E-state index in [-0.39, 0.29) is 10.8 Å². The van der Waals surface area contributed by atoms with Gasteiger partial charge in [-0.25, -0.2) is 9.97 Å². The highest BCUT2D eigenvalue weighted by Crippen LogP contribution is 2.38. The van der Waals surface area contributed by atoms with Gasteiger partial charge in [0.1, 0.15) is 0 Å². The lowest BCUT2D eigenvalue weighted by molar-refractivity contribution is 0.590. The molecule has 68 heavy (non-hydrogen) atoms. The van der Waals surface area contributed by atoms with Gasteiger partial charge in [-0.3, -0.25) is 9.13 Å². The molecule has 0 saturated heterocycles. The van der Waals surface area contributed by atoms with Gasteiger partial charge in [-0.1, -0.05) is 173 Å². The van der Waals surface area contributed by atoms with Gasteiger partial charge in [0.25, 0.3) is 0 Å². The molecule has 0 unspecified atom stereocenters. The van der Waals surface area contributed by atoms with E-state index in [1.807, 2.05) is 4.57 Å². The van der Waals surface area contributed by atoms with Crippen LogP contribution in [0.3, 0.4) is 0 Å². The molecular formula is C60H60N8. The molecule has 0 fully saturated rings. The van der Waals surface area contributed by atoms with Crippen LogP contribution in [0, 0.1) is 41.5 Å². The first kappa shape index (κ1) is 45.6. The van der Waals surface area contributed by atoms with Crippen LogP contribution in [0.15, 0.2) is 146 Å². The first-order valence-electron chi connectivity index (χ1n) is 23.4. The summed E-state index contributed by atoms with van der Waals surface area (Å²) in [6.45, 7) is 26.1. The fourth-order valence-electron chi connectivity index (χ4n) is 8.22. The second-order valence-electron chi connectivity index (χ2n) is 20.4. The molecule has 0 spiro atoms. The van der Waals surface area contributed by atoms with Gasteiger partial charge in [-0.05, 0) is 98.9 Å². The third-order valence-corrected chi connectivity index (χ3v) is 12.7. The highest BCUT2D eigenvalue weighted by molar-refractivity contribution is 6.09. The van der Waals surface area contributed by atoms with Crippen LogP contribution in [0.1, 0.15) is 86.1 Å². The maximum absolute atomic E-state index is 5.10. The number of nitrogens with zero attached hydrogens (tertiary/aromatic N) is 8. The normalized spacial score (nSPS) is 11.8. The maximum Gasteiger partial charge on any atom is 0.238 e. The van der Waals surface area contributed by atoms with Crippen molar-refractivity contribution in [2.24, 2.45) is 0 Å². The summed E-state index contributed by atoms with van der Waals surface area (Å²) in [5.74, 6) is 3.95. The molecule has 0 amide bonds. The molecule has 10 rings (SSSR count). The number of hydrogen-bond donors (Lipinski definition) is 0. The zero-order valence-electron chi connectivity index (χ0n) is 41.4. The molecule has 4 aromatic heterocycles. The predicted molar refractivity (Wildman–Crippen MR) is 281 cm³/mol. The van der Waals surface area contributed by atoms with Crippen LogP contribution in [-0.4, -0.2) is 39.0 Å². The van der Waals surface area contributed by atoms with E-state index < -0.39 is 0 Å². The Morgan fingerprint density at radius 3 is 0.926 bits per heavy atom. The number of benzene rings is 6. The maximum atomic E-state index is 5.10. The summed E-state index contributed by atoms with van der Waals surface area (Å²) in [7, 11) is 0. The lowest BCUT2D eigenvalue weighted by atomic mass is 9.85. The van der Waals surface area contributed by atoms with Gasteiger partial charge in [0, 0.05) is 45.4 Å². The van der Waals surface area contributed by atoms with Crippen molar-refractivity contribution < 1.29 is 0 Å². The molecule has 0 aliphatic heterocycles. The summed E-state index contributed by atoms with van der Waals surface area (Å²) in [6, 6.07) is 46.9. The third-order valence-electron chi connectivity index (χ3n) is 12.7. The van der Waals surface area contributed by atoms with E-state index in [0.717, 1.165) is 33.3 Å². The lowest BCUT2D eigenvalue weighted by Gasteiger charge is -2.19. The average molecular weight is 893 g/mol. The minimum Gasteiger partial charge on any atom is -0.292 e. The number of aryl methyl sites for hydroxylation is 6. The van der Waals surface area contributed by atoms with Gasteiger partial charge in [-0.2, -0.15) is 19.9 Å². The van der Waals surface area contributed by atoms with Crippen LogP contribution in [0.2, 0.25) is 0 Å². The highest BCUT2D eigenvalue weighted by Gasteiger charge is 2.23. The van der Waals surface area contributed by atoms with Crippen LogP contribution in [0.5, 0.6) is 0 Å². The predicted octanol–water partition coefficient (Wildman–Crippen LogP) is 14.7. The van der Waals surface area contributed by atoms with E-state index in [4.69, 9.17) is 29.9 Å². The smallest absolute Gasteiger partial charge is 0.238 e. The SMILES string of the molecule is Cc1ccc(-c2nc(-c3ccc(C)cc3)nc(-n3c4ccc(C(C)(C)C)cc4c4cc(C(C)(C)C)ccc43)n2)cc1.Cc1ccc(-c2nc(-c3ccc(C)cc3)nc(-n3cc(C)c(C)c3)n2)cc1. The van der Waals surface area contributed by atoms with Gasteiger partial charge in [0.15, 0.2) is 23.3 Å². The molecule has 0 radical (unpaired) electrons. The summed E-state index contributed by atoms with van der Waals surface area (Å²) in [5, 5.41) is 2.43. The Morgan fingerprint density at radius 2 is 0.632 bits per heavy atom. The van der Waals surface area contributed by atoms with E-state index >= 15 is 0 Å². The molecule has 10 aromatic rings. The first-order chi connectivity index (χ1) is 32.4. The molecule has 0 saturated carbocycles. The van der Waals surface area contributed by atoms with Crippen molar-refractivity contribution in [2.75, 3.05) is 0 Å². The van der Waals surface area contributed by atoms with Crippen molar-refractivity contribution in [3.05, 3.63) is 190 Å². The van der Waals surface area contributed by atoms with Crippen molar-refractivity contribution in [1.82, 2.24) is 39.0 Å². The molecule has 8 nitrogen and oxygen atoms in total. The van der Waals surface area contributed by atoms with Crippen LogP contribution >= 0.6 is 0 Å². The monoisotopic (exact) mass is 892 g/mol. The summed E-state index contributed by atoms with van der Waals surface area (Å²) < 4.78 is 4.18. The van der Waals surface area contributed by atoms with Crippen molar-refractivity contribution in [3.8, 4) is 57.4 Å². The van der Waals surface area contributed by atoms with Crippen molar-refractivity contribution in [2.45, 2.75) is 93.9 Å². The Hall–Kier alpha value is -7.58. The molecule has 0 atom stereocenters. The Kier molecular flexibility index (Phi) is 12.0. The molecule has 0 aliphatic rings. The van der Waals surface area contributed by atoms with Crippen LogP contribution in [-0.2, 0) is 10.8 Å². The molecule has 0 bridgehead atoms. The zero-order chi connectivity index (χ0) is 48.1. The van der Waals surface area contributed by atoms with E-state index in [9.17, 15) is 0 Å². The van der Waals surface area contributed by atoms with Gasteiger partial charge in [0.05, 0.1) is 11.0 Å². The molecule has 4 heterocycles. The number of hydrogen-bond acceptors (Lipinski definition) is 6. The average Bonchev–Trinajstić information content (AvgIpc) is 3.84. The molecule has 0 N–H and O–H groups in total. The molecular weight excluding hydrogens is 833 g/mol. The largest absolute Gasteiger partial charge is 0.292 e. The highest BCUT2D eigenvalue weighted by atomic mass is 15.2. The topological polar surface area (TPSA) is 87.2 Å². The molecule has 8 heteroatoms. The number of aromatic nitrogens is 8. The van der Waals surface area contributed by atoms with Crippen LogP contribution in [0.25, 0.3) is 79.3 Å². The summed E-state index contributed by atoms with van der Waals surface area (Å²) in [6.07, 6.45) is 4.12. The molecule has 340 valence electrons. The Morgan fingerprint density at radius 1 is 0.338 bits per heavy atom. The Labute approximate surface area is 400 Å². The molecule has 6 aromatic carbocycles. The van der Waals surface area contributed by atoms with E-state index in [0.29, 0.717) is 35.2 Å². The Balaban J connectivity index is 0.000000185. The quantitative estimate of drug-likeness (QED) is 0.165. The van der Waals surface area contributed by atoms with Crippen molar-refractivity contribution >= 4 is 21.8 Å². The van der Waals surface area contributed by atoms with Crippen LogP contribution < -0.4 is 0 Å². The minimum atomic E-state index is 0.0363. The summed E-state index contributed by atoms with van der Waals surface area (Å²) in [4.78, 5) is 29.4. The van der Waals surface area contributed by atoms with Gasteiger partial charge < -0.3 is 0 Å². The van der Waals surface area contributed by atoms with Crippen molar-refractivity contribution in [3.63, 3.8) is 0 Å². The first-order valence-corrected chi connectivity index (χ1v) is 23.4. The van der Waals surface area contributed by atoms with Gasteiger partial charge in [-0.15, -0.1) is 0 Å². The van der Waals surface area contributed by atoms with Crippen LogP contribution in [0.4, 0.5) is 0 Å². The van der Waals surface area contributed by atoms with E-state index in [2.05, 4.69) is 234 Å². The van der Waals surface area contributed by atoms with E-state index in [1.165, 1.54) is 55.3 Å². The second kappa shape index (κ2) is 17.9. The van der Waals surface area contributed by atoms with E-state index in [1.54, 1.807) is 0 Å². The number of rotatable bonds is 6. The zero-order valence-corrected chi connectivity index (χ0v) is 41.4. The fourth-order valence-corrected chi connectivity index (χ4v) is 8.22. The van der Waals surface area contributed by atoms with Gasteiger partial charge >= 0.3 is 0 Å². The summed E-state index contributed by atoms with van der Waals surface area (Å²) in [5.41, 5.74) is 16.0. The van der Waals surface area contributed by atoms with Crippen molar-refractivity contribution in [1.29, 1.82) is 0 Å². The van der Waals surface area contributed by atoms with Gasteiger partial charge in [0.2, 0.25) is 11.9 Å². The Bertz CT molecular complexity index is 3220. The standard InChI is InChI=1S/C37H38N4.C23H22N4/c1-23-9-13-25(14-10-23)33-38-34(26-15-11-24(2)12-16-26)40-35(39-33)41-31-19-17-27(36(3,4)5)21-29(31)30-22-28(37(6,7)8)18-20-32(30)41;1-15-5-9-19(10-6-15)21-24-22(20-11-7-16(2)8-12-20)26-23(25-21)27-13-17(3)18(4)14-27/h9-22H,1-8H3;5-14H,1-4H3. The fraction of sp³-hybridized carbons (Fsp3) is 0.233. The lowest BCUT2D eigenvalue weighted by Crippen LogP contribution is -2.10. The minimum absolute atomic E-state index is 0.0363. The second-order valence-corrected chi connectivity index (χ2v) is 20.4. The third kappa shape index (κ3) is 9.50. The number of fused-ring (bicyclic) bond motifs is 3. The molecule has 0 aliphatic carbocycles. The summed E-state index contributed by atoms with van der Waals surface area (Å²) >= 11 is 0.